The molecule has 1 heterocycles. The van der Waals surface area contributed by atoms with E-state index in [2.05, 4.69) is 228 Å². The highest BCUT2D eigenvalue weighted by Gasteiger charge is 2.47. The lowest BCUT2D eigenvalue weighted by molar-refractivity contribution is 0.769. The van der Waals surface area contributed by atoms with E-state index in [1.807, 2.05) is 11.3 Å². The number of fused-ring (bicyclic) bond motifs is 6. The maximum atomic E-state index is 2.49. The van der Waals surface area contributed by atoms with E-state index < -0.39 is 5.41 Å². The molecule has 0 amide bonds. The van der Waals surface area contributed by atoms with Crippen molar-refractivity contribution in [2.24, 2.45) is 0 Å². The van der Waals surface area contributed by atoms with Gasteiger partial charge in [0.25, 0.3) is 0 Å². The molecule has 276 valence electrons. The summed E-state index contributed by atoms with van der Waals surface area (Å²) in [5.74, 6) is 0. The van der Waals surface area contributed by atoms with Crippen LogP contribution in [-0.4, -0.2) is 0 Å². The first-order chi connectivity index (χ1) is 28.8. The summed E-state index contributed by atoms with van der Waals surface area (Å²) in [6.07, 6.45) is 9.03. The van der Waals surface area contributed by atoms with Gasteiger partial charge in [-0.2, -0.15) is 0 Å². The smallest absolute Gasteiger partial charge is 0.0715 e. The van der Waals surface area contributed by atoms with Crippen molar-refractivity contribution in [2.45, 2.75) is 18.3 Å². The molecular formula is C55H40N2S. The highest BCUT2D eigenvalue weighted by Crippen LogP contribution is 2.58. The van der Waals surface area contributed by atoms with Gasteiger partial charge >= 0.3 is 0 Å². The van der Waals surface area contributed by atoms with Crippen molar-refractivity contribution >= 4 is 59.9 Å². The summed E-state index contributed by atoms with van der Waals surface area (Å²) >= 11 is 1.87. The number of rotatable bonds is 8. The lowest BCUT2D eigenvalue weighted by Gasteiger charge is -2.37. The molecule has 2 aliphatic carbocycles. The van der Waals surface area contributed by atoms with E-state index in [4.69, 9.17) is 0 Å². The van der Waals surface area contributed by atoms with E-state index >= 15 is 0 Å². The topological polar surface area (TPSA) is 6.48 Å². The van der Waals surface area contributed by atoms with Crippen LogP contribution in [-0.2, 0) is 5.41 Å². The zero-order valence-corrected chi connectivity index (χ0v) is 32.8. The van der Waals surface area contributed by atoms with Crippen molar-refractivity contribution in [1.29, 1.82) is 0 Å². The monoisotopic (exact) mass is 760 g/mol. The van der Waals surface area contributed by atoms with E-state index in [1.54, 1.807) is 0 Å². The van der Waals surface area contributed by atoms with Gasteiger partial charge in [-0.15, -0.1) is 11.3 Å². The van der Waals surface area contributed by atoms with Gasteiger partial charge in [0.2, 0.25) is 0 Å². The summed E-state index contributed by atoms with van der Waals surface area (Å²) in [4.78, 5) is 4.87. The van der Waals surface area contributed by atoms with Crippen LogP contribution >= 0.6 is 11.3 Å². The largest absolute Gasteiger partial charge is 0.311 e. The minimum Gasteiger partial charge on any atom is -0.311 e. The summed E-state index contributed by atoms with van der Waals surface area (Å²) in [7, 11) is 0. The second kappa shape index (κ2) is 14.2. The van der Waals surface area contributed by atoms with Crippen LogP contribution in [0, 0.1) is 0 Å². The van der Waals surface area contributed by atoms with Crippen molar-refractivity contribution in [3.05, 3.63) is 246 Å². The number of hydrogen-bond acceptors (Lipinski definition) is 3. The second-order valence-corrected chi connectivity index (χ2v) is 16.3. The minimum atomic E-state index is -0.632. The van der Waals surface area contributed by atoms with Crippen LogP contribution in [0.15, 0.2) is 224 Å². The van der Waals surface area contributed by atoms with Crippen LogP contribution in [0.3, 0.4) is 0 Å². The molecule has 0 N–H and O–H groups in total. The number of allylic oxidation sites excluding steroid dienone is 3. The van der Waals surface area contributed by atoms with Crippen LogP contribution in [0.2, 0.25) is 0 Å². The third-order valence-corrected chi connectivity index (χ3v) is 13.0. The Morgan fingerprint density at radius 2 is 0.931 bits per heavy atom. The number of para-hydroxylation sites is 3. The fourth-order valence-corrected chi connectivity index (χ4v) is 10.5. The molecule has 9 aromatic rings. The lowest BCUT2D eigenvalue weighted by atomic mass is 9.67. The van der Waals surface area contributed by atoms with Gasteiger partial charge in [-0.05, 0) is 125 Å². The van der Waals surface area contributed by atoms with E-state index in [-0.39, 0.29) is 0 Å². The van der Waals surface area contributed by atoms with Crippen LogP contribution < -0.4 is 9.80 Å². The Bertz CT molecular complexity index is 2930. The Labute approximate surface area is 343 Å². The van der Waals surface area contributed by atoms with Gasteiger partial charge in [0.15, 0.2) is 0 Å². The standard InChI is InChI=1S/C55H40N2S/c1-5-19-41(20-6-1)56(42-21-7-2-8-22-42)45-35-40(36-46(38-45)57(43-23-9-3-10-24-43)44-25-11-4-12-26-44)55(51-30-16-13-27-47(51)48-28-14-17-31-52(48)55)39-33-34-54-50(37-39)49-29-15-18-32-53(49)58-54/h1-3,5-11,13-38H,4,12H2. The summed E-state index contributed by atoms with van der Waals surface area (Å²) in [5.41, 5.74) is 13.7. The fraction of sp³-hybridized carbons (Fsp3) is 0.0545. The average Bonchev–Trinajstić information content (AvgIpc) is 3.82. The number of benzene rings is 8. The number of hydrogen-bond donors (Lipinski definition) is 0. The zero-order valence-electron chi connectivity index (χ0n) is 32.0. The Balaban J connectivity index is 1.28. The molecule has 8 aromatic carbocycles. The third-order valence-electron chi connectivity index (χ3n) is 11.9. The minimum absolute atomic E-state index is 0.632. The molecule has 0 spiro atoms. The van der Waals surface area contributed by atoms with Crippen LogP contribution in [0.5, 0.6) is 0 Å². The first-order valence-electron chi connectivity index (χ1n) is 20.2. The van der Waals surface area contributed by atoms with Crippen molar-refractivity contribution in [2.75, 3.05) is 9.80 Å². The maximum absolute atomic E-state index is 2.49. The maximum Gasteiger partial charge on any atom is 0.0715 e. The molecule has 0 radical (unpaired) electrons. The molecule has 58 heavy (non-hydrogen) atoms. The van der Waals surface area contributed by atoms with E-state index in [9.17, 15) is 0 Å². The van der Waals surface area contributed by atoms with Crippen molar-refractivity contribution in [3.8, 4) is 11.1 Å². The molecular weight excluding hydrogens is 721 g/mol. The molecule has 2 nitrogen and oxygen atoms in total. The van der Waals surface area contributed by atoms with Crippen molar-refractivity contribution < 1.29 is 0 Å². The summed E-state index contributed by atoms with van der Waals surface area (Å²) in [6.45, 7) is 0. The normalized spacial score (nSPS) is 13.9. The third kappa shape index (κ3) is 5.54. The average molecular weight is 761 g/mol. The predicted molar refractivity (Wildman–Crippen MR) is 246 cm³/mol. The van der Waals surface area contributed by atoms with Gasteiger partial charge in [-0.25, -0.2) is 0 Å². The van der Waals surface area contributed by atoms with Crippen LogP contribution in [0.25, 0.3) is 31.3 Å². The highest BCUT2D eigenvalue weighted by molar-refractivity contribution is 7.25. The molecule has 1 aromatic heterocycles. The molecule has 0 unspecified atom stereocenters. The quantitative estimate of drug-likeness (QED) is 0.152. The molecule has 11 rings (SSSR count). The molecule has 2 aliphatic rings. The van der Waals surface area contributed by atoms with Gasteiger partial charge < -0.3 is 9.80 Å². The van der Waals surface area contributed by atoms with E-state index in [0.29, 0.717) is 0 Å². The highest BCUT2D eigenvalue weighted by atomic mass is 32.1. The SMILES string of the molecule is C1=CC(N(c2ccccc2)c2cc(N(c3ccccc3)c3ccccc3)cc(C3(c4ccc5sc6ccccc6c5c4)c4ccccc4-c4ccccc43)c2)=CCC1. The Kier molecular flexibility index (Phi) is 8.41. The first-order valence-corrected chi connectivity index (χ1v) is 21.0. The summed E-state index contributed by atoms with van der Waals surface area (Å²) in [5, 5.41) is 2.61. The van der Waals surface area contributed by atoms with Gasteiger partial charge in [-0.3, -0.25) is 0 Å². The van der Waals surface area contributed by atoms with Gasteiger partial charge in [0.05, 0.1) is 5.41 Å². The summed E-state index contributed by atoms with van der Waals surface area (Å²) in [6, 6.07) is 74.0. The van der Waals surface area contributed by atoms with Crippen molar-refractivity contribution in [3.63, 3.8) is 0 Å². The Morgan fingerprint density at radius 3 is 1.55 bits per heavy atom. The van der Waals surface area contributed by atoms with E-state index in [0.717, 1.165) is 41.3 Å². The van der Waals surface area contributed by atoms with Gasteiger partial charge in [0, 0.05) is 54.3 Å². The van der Waals surface area contributed by atoms with Crippen molar-refractivity contribution in [1.82, 2.24) is 0 Å². The second-order valence-electron chi connectivity index (χ2n) is 15.2. The van der Waals surface area contributed by atoms with Crippen LogP contribution in [0.4, 0.5) is 28.4 Å². The van der Waals surface area contributed by atoms with E-state index in [1.165, 1.54) is 59.3 Å². The Morgan fingerprint density at radius 1 is 0.397 bits per heavy atom. The molecule has 0 atom stereocenters. The van der Waals surface area contributed by atoms with Crippen LogP contribution in [0.1, 0.15) is 35.1 Å². The number of thiophene rings is 1. The predicted octanol–water partition coefficient (Wildman–Crippen LogP) is 15.3. The molecule has 0 fully saturated rings. The lowest BCUT2D eigenvalue weighted by Crippen LogP contribution is -2.29. The molecule has 0 aliphatic heterocycles. The van der Waals surface area contributed by atoms with Gasteiger partial charge in [-0.1, -0.05) is 140 Å². The summed E-state index contributed by atoms with van der Waals surface area (Å²) < 4.78 is 2.62. The molecule has 0 saturated carbocycles. The molecule has 0 saturated heterocycles. The number of nitrogens with zero attached hydrogens (tertiary/aromatic N) is 2. The first kappa shape index (κ1) is 34.3. The fourth-order valence-electron chi connectivity index (χ4n) is 9.44. The zero-order chi connectivity index (χ0) is 38.5. The molecule has 0 bridgehead atoms. The number of anilines is 5. The van der Waals surface area contributed by atoms with Gasteiger partial charge in [0.1, 0.15) is 0 Å². The molecule has 3 heteroatoms. The Hall–Kier alpha value is -6.94.